The molecule has 0 amide bonds. The van der Waals surface area contributed by atoms with Gasteiger partial charge >= 0.3 is 0 Å². The van der Waals surface area contributed by atoms with Gasteiger partial charge in [0.15, 0.2) is 0 Å². The van der Waals surface area contributed by atoms with Gasteiger partial charge in [0, 0.05) is 12.1 Å². The summed E-state index contributed by atoms with van der Waals surface area (Å²) >= 11 is 0. The number of morpholine rings is 1. The summed E-state index contributed by atoms with van der Waals surface area (Å²) in [6.45, 7) is 5.47. The number of rotatable bonds is 2. The van der Waals surface area contributed by atoms with Crippen LogP contribution >= 0.6 is 0 Å². The largest absolute Gasteiger partial charge is 0.375 e. The van der Waals surface area contributed by atoms with Gasteiger partial charge in [0.05, 0.1) is 12.7 Å². The highest BCUT2D eigenvalue weighted by Crippen LogP contribution is 2.31. The topological polar surface area (TPSA) is 21.3 Å². The molecule has 1 saturated heterocycles. The lowest BCUT2D eigenvalue weighted by atomic mass is 9.81. The first kappa shape index (κ1) is 10.4. The Labute approximate surface area is 87.4 Å². The van der Waals surface area contributed by atoms with Crippen LogP contribution in [0.1, 0.15) is 46.0 Å². The van der Waals surface area contributed by atoms with Crippen molar-refractivity contribution < 1.29 is 4.74 Å². The molecule has 0 aromatic carbocycles. The molecule has 14 heavy (non-hydrogen) atoms. The molecule has 2 aliphatic rings. The van der Waals surface area contributed by atoms with E-state index in [0.717, 1.165) is 12.5 Å². The van der Waals surface area contributed by atoms with E-state index in [1.807, 2.05) is 0 Å². The normalized spacial score (nSPS) is 43.3. The first-order valence-electron chi connectivity index (χ1n) is 6.21. The molecule has 0 aromatic rings. The molecule has 0 bridgehead atoms. The van der Waals surface area contributed by atoms with Gasteiger partial charge in [-0.15, -0.1) is 0 Å². The zero-order chi connectivity index (χ0) is 9.97. The van der Waals surface area contributed by atoms with Crippen LogP contribution in [0.15, 0.2) is 0 Å². The summed E-state index contributed by atoms with van der Waals surface area (Å²) in [6, 6.07) is 1.25. The van der Waals surface area contributed by atoms with E-state index >= 15 is 0 Å². The molecule has 1 N–H and O–H groups in total. The molecular weight excluding hydrogens is 174 g/mol. The molecule has 0 spiro atoms. The van der Waals surface area contributed by atoms with E-state index in [-0.39, 0.29) is 0 Å². The third-order valence-corrected chi connectivity index (χ3v) is 3.93. The second kappa shape index (κ2) is 4.63. The molecule has 2 fully saturated rings. The Bertz CT molecular complexity index is 165. The van der Waals surface area contributed by atoms with Crippen molar-refractivity contribution in [2.45, 2.75) is 64.1 Å². The molecule has 2 heteroatoms. The van der Waals surface area contributed by atoms with Crippen molar-refractivity contribution in [2.24, 2.45) is 5.92 Å². The molecule has 2 rings (SSSR count). The molecule has 1 aliphatic heterocycles. The summed E-state index contributed by atoms with van der Waals surface area (Å²) < 4.78 is 5.92. The van der Waals surface area contributed by atoms with Crippen LogP contribution < -0.4 is 5.32 Å². The average molecular weight is 197 g/mol. The summed E-state index contributed by atoms with van der Waals surface area (Å²) in [5.41, 5.74) is 0. The lowest BCUT2D eigenvalue weighted by molar-refractivity contribution is -0.0554. The predicted octanol–water partition coefficient (Wildman–Crippen LogP) is 2.33. The van der Waals surface area contributed by atoms with Gasteiger partial charge in [0.2, 0.25) is 0 Å². The van der Waals surface area contributed by atoms with E-state index in [1.54, 1.807) is 0 Å². The van der Waals surface area contributed by atoms with Gasteiger partial charge in [-0.1, -0.05) is 20.3 Å². The molecule has 4 unspecified atom stereocenters. The molecular formula is C12H23NO. The van der Waals surface area contributed by atoms with Gasteiger partial charge < -0.3 is 10.1 Å². The van der Waals surface area contributed by atoms with E-state index in [1.165, 1.54) is 32.1 Å². The maximum atomic E-state index is 5.92. The van der Waals surface area contributed by atoms with Gasteiger partial charge in [-0.25, -0.2) is 0 Å². The smallest absolute Gasteiger partial charge is 0.0729 e. The van der Waals surface area contributed by atoms with Crippen LogP contribution in [0.5, 0.6) is 0 Å². The van der Waals surface area contributed by atoms with E-state index in [9.17, 15) is 0 Å². The first-order valence-corrected chi connectivity index (χ1v) is 6.21. The molecule has 0 radical (unpaired) electrons. The minimum absolute atomic E-state index is 0.514. The lowest BCUT2D eigenvalue weighted by Crippen LogP contribution is -2.56. The van der Waals surface area contributed by atoms with Crippen LogP contribution in [0.4, 0.5) is 0 Å². The fraction of sp³-hybridized carbons (Fsp3) is 1.00. The van der Waals surface area contributed by atoms with Crippen LogP contribution in [0.3, 0.4) is 0 Å². The van der Waals surface area contributed by atoms with Crippen molar-refractivity contribution in [1.82, 2.24) is 5.32 Å². The van der Waals surface area contributed by atoms with Gasteiger partial charge in [0.25, 0.3) is 0 Å². The van der Waals surface area contributed by atoms with E-state index < -0.39 is 0 Å². The summed E-state index contributed by atoms with van der Waals surface area (Å²) in [5.74, 6) is 0.933. The fourth-order valence-electron chi connectivity index (χ4n) is 2.80. The average Bonchev–Trinajstić information content (AvgIpc) is 2.27. The number of nitrogens with one attached hydrogen (secondary N) is 1. The Morgan fingerprint density at radius 1 is 1.21 bits per heavy atom. The summed E-state index contributed by atoms with van der Waals surface area (Å²) in [6.07, 6.45) is 7.02. The third kappa shape index (κ3) is 2.12. The Morgan fingerprint density at radius 3 is 2.79 bits per heavy atom. The molecule has 1 heterocycles. The van der Waals surface area contributed by atoms with E-state index in [0.29, 0.717) is 18.2 Å². The van der Waals surface area contributed by atoms with Crippen molar-refractivity contribution in [3.63, 3.8) is 0 Å². The SMILES string of the molecule is CCC1CCC2OCC(CC)NC2C1. The van der Waals surface area contributed by atoms with Gasteiger partial charge in [-0.05, 0) is 31.6 Å². The highest BCUT2D eigenvalue weighted by molar-refractivity contribution is 4.90. The monoisotopic (exact) mass is 197 g/mol. The van der Waals surface area contributed by atoms with Gasteiger partial charge in [-0.2, -0.15) is 0 Å². The summed E-state index contributed by atoms with van der Waals surface area (Å²) in [7, 11) is 0. The Balaban J connectivity index is 1.90. The van der Waals surface area contributed by atoms with Gasteiger partial charge in [0.1, 0.15) is 0 Å². The van der Waals surface area contributed by atoms with Gasteiger partial charge in [-0.3, -0.25) is 0 Å². The van der Waals surface area contributed by atoms with Crippen LogP contribution in [0.2, 0.25) is 0 Å². The van der Waals surface area contributed by atoms with Crippen LogP contribution in [0, 0.1) is 5.92 Å². The molecule has 4 atom stereocenters. The maximum absolute atomic E-state index is 5.92. The van der Waals surface area contributed by atoms with Crippen LogP contribution in [-0.2, 0) is 4.74 Å². The lowest BCUT2D eigenvalue weighted by Gasteiger charge is -2.42. The highest BCUT2D eigenvalue weighted by Gasteiger charge is 2.34. The summed E-state index contributed by atoms with van der Waals surface area (Å²) in [5, 5.41) is 3.74. The first-order chi connectivity index (χ1) is 6.83. The molecule has 1 saturated carbocycles. The standard InChI is InChI=1S/C12H23NO/c1-3-9-5-6-12-11(7-9)13-10(4-2)8-14-12/h9-13H,3-8H2,1-2H3. The number of ether oxygens (including phenoxy) is 1. The Morgan fingerprint density at radius 2 is 2.07 bits per heavy atom. The fourth-order valence-corrected chi connectivity index (χ4v) is 2.80. The minimum atomic E-state index is 0.514. The second-order valence-electron chi connectivity index (χ2n) is 4.84. The quantitative estimate of drug-likeness (QED) is 0.733. The zero-order valence-corrected chi connectivity index (χ0v) is 9.46. The van der Waals surface area contributed by atoms with E-state index in [4.69, 9.17) is 4.74 Å². The molecule has 2 nitrogen and oxygen atoms in total. The van der Waals surface area contributed by atoms with Crippen molar-refractivity contribution in [1.29, 1.82) is 0 Å². The van der Waals surface area contributed by atoms with Crippen LogP contribution in [0.25, 0.3) is 0 Å². The molecule has 0 aromatic heterocycles. The predicted molar refractivity (Wildman–Crippen MR) is 58.4 cm³/mol. The Hall–Kier alpha value is -0.0800. The van der Waals surface area contributed by atoms with E-state index in [2.05, 4.69) is 19.2 Å². The van der Waals surface area contributed by atoms with Crippen LogP contribution in [-0.4, -0.2) is 24.8 Å². The van der Waals surface area contributed by atoms with Crippen molar-refractivity contribution in [3.8, 4) is 0 Å². The van der Waals surface area contributed by atoms with Crippen molar-refractivity contribution in [2.75, 3.05) is 6.61 Å². The highest BCUT2D eigenvalue weighted by atomic mass is 16.5. The molecule has 1 aliphatic carbocycles. The second-order valence-corrected chi connectivity index (χ2v) is 4.84. The zero-order valence-electron chi connectivity index (χ0n) is 9.46. The minimum Gasteiger partial charge on any atom is -0.375 e. The van der Waals surface area contributed by atoms with Crippen molar-refractivity contribution in [3.05, 3.63) is 0 Å². The Kier molecular flexibility index (Phi) is 3.45. The summed E-state index contributed by atoms with van der Waals surface area (Å²) in [4.78, 5) is 0. The number of hydrogen-bond donors (Lipinski definition) is 1. The number of fused-ring (bicyclic) bond motifs is 1. The third-order valence-electron chi connectivity index (χ3n) is 3.93. The maximum Gasteiger partial charge on any atom is 0.0729 e. The number of hydrogen-bond acceptors (Lipinski definition) is 2. The molecule has 82 valence electrons. The van der Waals surface area contributed by atoms with Crippen molar-refractivity contribution >= 4 is 0 Å².